The van der Waals surface area contributed by atoms with E-state index in [1.165, 1.54) is 6.92 Å². The summed E-state index contributed by atoms with van der Waals surface area (Å²) in [5.41, 5.74) is -0.657. The summed E-state index contributed by atoms with van der Waals surface area (Å²) in [6, 6.07) is -1.05. The molecule has 5 unspecified atom stereocenters. The number of cyclic esters (lactones) is 1. The van der Waals surface area contributed by atoms with Crippen molar-refractivity contribution in [1.82, 2.24) is 5.32 Å². The van der Waals surface area contributed by atoms with Crippen LogP contribution >= 0.6 is 0 Å². The van der Waals surface area contributed by atoms with Gasteiger partial charge in [0.15, 0.2) is 12.2 Å². The van der Waals surface area contributed by atoms with Crippen LogP contribution in [0.5, 0.6) is 0 Å². The highest BCUT2D eigenvalue weighted by molar-refractivity contribution is 5.76. The highest BCUT2D eigenvalue weighted by Gasteiger charge is 2.40. The van der Waals surface area contributed by atoms with E-state index in [0.717, 1.165) is 0 Å². The van der Waals surface area contributed by atoms with E-state index in [4.69, 9.17) is 23.7 Å². The number of rotatable bonds is 7. The smallest absolute Gasteiger partial charge is 0.326 e. The third-order valence-corrected chi connectivity index (χ3v) is 4.25. The summed E-state index contributed by atoms with van der Waals surface area (Å²) in [5.74, 6) is -2.60. The van der Waals surface area contributed by atoms with Crippen LogP contribution in [-0.4, -0.2) is 72.6 Å². The first kappa shape index (κ1) is 27.3. The average molecular weight is 448 g/mol. The first-order valence-electron chi connectivity index (χ1n) is 10.5. The van der Waals surface area contributed by atoms with Gasteiger partial charge in [0.2, 0.25) is 6.41 Å². The van der Waals surface area contributed by atoms with Gasteiger partial charge in [-0.2, -0.15) is 0 Å². The van der Waals surface area contributed by atoms with Crippen molar-refractivity contribution in [3.8, 4) is 0 Å². The van der Waals surface area contributed by atoms with Crippen LogP contribution in [0, 0.1) is 11.8 Å². The van der Waals surface area contributed by atoms with Gasteiger partial charge in [-0.25, -0.2) is 0 Å². The Kier molecular flexibility index (Phi) is 10.3. The number of esters is 3. The standard InChI is InChI=1S/C21H37NO9/c1-11(2)17(23)29-15-10-27-9-14(22-20(26)31-21(6,7)8)19(25)28-13(5)16(15)30-18(24)12(3)4/h11-16,20,22,26H,9-10H2,1-8H3. The summed E-state index contributed by atoms with van der Waals surface area (Å²) in [6.45, 7) is 13.1. The molecule has 0 saturated carbocycles. The van der Waals surface area contributed by atoms with Gasteiger partial charge in [0, 0.05) is 0 Å². The van der Waals surface area contributed by atoms with Crippen molar-refractivity contribution in [3.63, 3.8) is 0 Å². The number of carbonyl (C=O) groups is 3. The highest BCUT2D eigenvalue weighted by Crippen LogP contribution is 2.19. The number of aliphatic hydroxyl groups is 1. The van der Waals surface area contributed by atoms with Crippen LogP contribution in [0.25, 0.3) is 0 Å². The quantitative estimate of drug-likeness (QED) is 0.333. The molecule has 0 aromatic rings. The third-order valence-electron chi connectivity index (χ3n) is 4.25. The van der Waals surface area contributed by atoms with Gasteiger partial charge in [0.05, 0.1) is 30.7 Å². The molecule has 0 aliphatic carbocycles. The topological polar surface area (TPSA) is 130 Å². The molecule has 1 saturated heterocycles. The monoisotopic (exact) mass is 447 g/mol. The summed E-state index contributed by atoms with van der Waals surface area (Å²) in [6.07, 6.45) is -4.42. The molecule has 31 heavy (non-hydrogen) atoms. The summed E-state index contributed by atoms with van der Waals surface area (Å²) in [4.78, 5) is 37.1. The molecule has 0 amide bonds. The summed E-state index contributed by atoms with van der Waals surface area (Å²) in [5, 5.41) is 12.7. The lowest BCUT2D eigenvalue weighted by Crippen LogP contribution is -2.50. The number of hydrogen-bond donors (Lipinski definition) is 2. The predicted molar refractivity (Wildman–Crippen MR) is 110 cm³/mol. The number of nitrogens with one attached hydrogen (secondary N) is 1. The van der Waals surface area contributed by atoms with Crippen LogP contribution in [0.15, 0.2) is 0 Å². The molecular weight excluding hydrogens is 410 g/mol. The SMILES string of the molecule is CC(C)C(=O)OC1COCC(NC(O)OC(C)(C)C)C(=O)OC(C)C1OC(=O)C(C)C. The summed E-state index contributed by atoms with van der Waals surface area (Å²) in [7, 11) is 0. The minimum Gasteiger partial charge on any atom is -0.457 e. The molecule has 0 aromatic carbocycles. The second-order valence-corrected chi connectivity index (χ2v) is 9.17. The molecule has 180 valence electrons. The Morgan fingerprint density at radius 3 is 2.13 bits per heavy atom. The Hall–Kier alpha value is -1.75. The van der Waals surface area contributed by atoms with E-state index in [-0.39, 0.29) is 13.2 Å². The molecule has 5 atom stereocenters. The van der Waals surface area contributed by atoms with Crippen LogP contribution in [0.1, 0.15) is 55.4 Å². The van der Waals surface area contributed by atoms with Gasteiger partial charge in [-0.05, 0) is 27.7 Å². The Morgan fingerprint density at radius 2 is 1.61 bits per heavy atom. The number of ether oxygens (including phenoxy) is 5. The first-order chi connectivity index (χ1) is 14.2. The van der Waals surface area contributed by atoms with Crippen molar-refractivity contribution in [2.75, 3.05) is 13.2 Å². The molecular formula is C21H37NO9. The Balaban J connectivity index is 3.04. The fraction of sp³-hybridized carbons (Fsp3) is 0.857. The van der Waals surface area contributed by atoms with E-state index in [9.17, 15) is 19.5 Å². The van der Waals surface area contributed by atoms with Gasteiger partial charge < -0.3 is 28.8 Å². The van der Waals surface area contributed by atoms with E-state index < -0.39 is 66.1 Å². The van der Waals surface area contributed by atoms with E-state index in [1.54, 1.807) is 48.5 Å². The van der Waals surface area contributed by atoms with Crippen molar-refractivity contribution in [3.05, 3.63) is 0 Å². The van der Waals surface area contributed by atoms with Crippen molar-refractivity contribution < 1.29 is 43.2 Å². The van der Waals surface area contributed by atoms with Crippen molar-refractivity contribution in [2.45, 2.75) is 91.8 Å². The molecule has 1 fully saturated rings. The average Bonchev–Trinajstić information content (AvgIpc) is 2.65. The summed E-state index contributed by atoms with van der Waals surface area (Å²) >= 11 is 0. The summed E-state index contributed by atoms with van der Waals surface area (Å²) < 4.78 is 27.4. The number of carbonyl (C=O) groups excluding carboxylic acids is 3. The Morgan fingerprint density at radius 1 is 1.06 bits per heavy atom. The predicted octanol–water partition coefficient (Wildman–Crippen LogP) is 1.13. The zero-order valence-electron chi connectivity index (χ0n) is 19.7. The van der Waals surface area contributed by atoms with Gasteiger partial charge in [-0.3, -0.25) is 19.7 Å². The van der Waals surface area contributed by atoms with E-state index in [1.807, 2.05) is 0 Å². The highest BCUT2D eigenvalue weighted by atomic mass is 16.6. The molecule has 0 bridgehead atoms. The van der Waals surface area contributed by atoms with Crippen LogP contribution in [0.4, 0.5) is 0 Å². The molecule has 10 heteroatoms. The minimum atomic E-state index is -1.44. The Labute approximate surface area is 183 Å². The van der Waals surface area contributed by atoms with Crippen molar-refractivity contribution in [1.29, 1.82) is 0 Å². The Bertz CT molecular complexity index is 614. The molecule has 1 rings (SSSR count). The van der Waals surface area contributed by atoms with Crippen LogP contribution in [0.2, 0.25) is 0 Å². The molecule has 0 aromatic heterocycles. The largest absolute Gasteiger partial charge is 0.457 e. The second-order valence-electron chi connectivity index (χ2n) is 9.17. The van der Waals surface area contributed by atoms with Crippen molar-refractivity contribution >= 4 is 17.9 Å². The van der Waals surface area contributed by atoms with Gasteiger partial charge in [0.1, 0.15) is 12.1 Å². The lowest BCUT2D eigenvalue weighted by atomic mass is 10.1. The molecule has 1 heterocycles. The van der Waals surface area contributed by atoms with Gasteiger partial charge in [0.25, 0.3) is 0 Å². The molecule has 1 aliphatic heterocycles. The maximum atomic E-state index is 12.7. The number of aliphatic hydroxyl groups excluding tert-OH is 1. The maximum Gasteiger partial charge on any atom is 0.326 e. The molecule has 0 radical (unpaired) electrons. The van der Waals surface area contributed by atoms with Crippen LogP contribution in [0.3, 0.4) is 0 Å². The lowest BCUT2D eigenvalue weighted by molar-refractivity contribution is -0.195. The van der Waals surface area contributed by atoms with Gasteiger partial charge in [-0.15, -0.1) is 0 Å². The van der Waals surface area contributed by atoms with E-state index >= 15 is 0 Å². The molecule has 0 spiro atoms. The van der Waals surface area contributed by atoms with Gasteiger partial charge in [-0.1, -0.05) is 27.7 Å². The number of hydrogen-bond acceptors (Lipinski definition) is 10. The minimum absolute atomic E-state index is 0.135. The molecule has 10 nitrogen and oxygen atoms in total. The zero-order chi connectivity index (χ0) is 23.9. The molecule has 2 N–H and O–H groups in total. The van der Waals surface area contributed by atoms with Crippen LogP contribution < -0.4 is 5.32 Å². The van der Waals surface area contributed by atoms with Crippen LogP contribution in [-0.2, 0) is 38.1 Å². The first-order valence-corrected chi connectivity index (χ1v) is 10.5. The fourth-order valence-electron chi connectivity index (χ4n) is 2.59. The maximum absolute atomic E-state index is 12.7. The normalized spacial score (nSPS) is 26.5. The van der Waals surface area contributed by atoms with Gasteiger partial charge >= 0.3 is 17.9 Å². The zero-order valence-corrected chi connectivity index (χ0v) is 19.7. The third kappa shape index (κ3) is 9.51. The lowest BCUT2D eigenvalue weighted by Gasteiger charge is -2.31. The van der Waals surface area contributed by atoms with Crippen molar-refractivity contribution in [2.24, 2.45) is 11.8 Å². The second kappa shape index (κ2) is 11.8. The van der Waals surface area contributed by atoms with E-state index in [2.05, 4.69) is 5.32 Å². The van der Waals surface area contributed by atoms with E-state index in [0.29, 0.717) is 0 Å². The fourth-order valence-corrected chi connectivity index (χ4v) is 2.59. The molecule has 1 aliphatic rings.